The van der Waals surface area contributed by atoms with Crippen molar-refractivity contribution in [3.05, 3.63) is 35.0 Å². The Bertz CT molecular complexity index is 978. The third kappa shape index (κ3) is 5.70. The Labute approximate surface area is 206 Å². The van der Waals surface area contributed by atoms with Gasteiger partial charge in [-0.05, 0) is 39.3 Å². The molecule has 10 heteroatoms. The van der Waals surface area contributed by atoms with Gasteiger partial charge in [0, 0.05) is 31.4 Å². The number of rotatable bonds is 9. The summed E-state index contributed by atoms with van der Waals surface area (Å²) in [7, 11) is 4.66. The van der Waals surface area contributed by atoms with Crippen molar-refractivity contribution >= 4 is 18.0 Å². The van der Waals surface area contributed by atoms with Crippen LogP contribution in [-0.2, 0) is 19.1 Å². The van der Waals surface area contributed by atoms with E-state index in [2.05, 4.69) is 10.2 Å². The molecule has 0 radical (unpaired) electrons. The van der Waals surface area contributed by atoms with Gasteiger partial charge in [-0.2, -0.15) is 0 Å². The van der Waals surface area contributed by atoms with E-state index in [1.807, 2.05) is 0 Å². The van der Waals surface area contributed by atoms with Crippen molar-refractivity contribution in [1.29, 1.82) is 0 Å². The second-order valence-corrected chi connectivity index (χ2v) is 8.43. The number of hydrogen-bond acceptors (Lipinski definition) is 8. The maximum atomic E-state index is 13.3. The summed E-state index contributed by atoms with van der Waals surface area (Å²) in [6.07, 6.45) is 1.56. The molecule has 192 valence electrons. The molecule has 1 fully saturated rings. The number of hydrogen-bond donors (Lipinski definition) is 1. The lowest BCUT2D eigenvalue weighted by atomic mass is 9.92. The minimum Gasteiger partial charge on any atom is -0.493 e. The number of ether oxygens (including phenoxy) is 4. The van der Waals surface area contributed by atoms with Crippen LogP contribution in [0.1, 0.15) is 38.3 Å². The molecule has 2 amide bonds. The molecule has 2 aliphatic rings. The molecule has 0 bridgehead atoms. The lowest BCUT2D eigenvalue weighted by molar-refractivity contribution is -0.150. The van der Waals surface area contributed by atoms with Crippen LogP contribution in [0.15, 0.2) is 29.5 Å². The van der Waals surface area contributed by atoms with E-state index in [-0.39, 0.29) is 24.5 Å². The number of carbonyl (C=O) groups excluding carboxylic acids is 3. The number of esters is 2. The highest BCUT2D eigenvalue weighted by atomic mass is 16.5. The highest BCUT2D eigenvalue weighted by molar-refractivity contribution is 5.95. The maximum absolute atomic E-state index is 13.3. The summed E-state index contributed by atoms with van der Waals surface area (Å²) in [6, 6.07) is 4.15. The summed E-state index contributed by atoms with van der Waals surface area (Å²) in [5, 5.41) is 2.91. The largest absolute Gasteiger partial charge is 0.493 e. The van der Waals surface area contributed by atoms with Crippen LogP contribution < -0.4 is 14.8 Å². The lowest BCUT2D eigenvalue weighted by Crippen LogP contribution is -2.50. The van der Waals surface area contributed by atoms with E-state index in [4.69, 9.17) is 18.9 Å². The topological polar surface area (TPSA) is 107 Å². The Morgan fingerprint density at radius 1 is 1.11 bits per heavy atom. The second kappa shape index (κ2) is 11.9. The molecular formula is C25H35N3O7. The number of nitrogens with one attached hydrogen (secondary N) is 1. The molecule has 1 saturated heterocycles. The Balaban J connectivity index is 2.05. The van der Waals surface area contributed by atoms with E-state index in [0.29, 0.717) is 48.0 Å². The predicted molar refractivity (Wildman–Crippen MR) is 128 cm³/mol. The van der Waals surface area contributed by atoms with Crippen LogP contribution in [0, 0.1) is 5.92 Å². The van der Waals surface area contributed by atoms with Gasteiger partial charge in [-0.15, -0.1) is 0 Å². The first-order chi connectivity index (χ1) is 16.9. The lowest BCUT2D eigenvalue weighted by Gasteiger charge is -2.38. The van der Waals surface area contributed by atoms with E-state index in [1.165, 1.54) is 19.1 Å². The molecule has 2 atom stereocenters. The zero-order valence-corrected chi connectivity index (χ0v) is 21.1. The Morgan fingerprint density at radius 3 is 2.51 bits per heavy atom. The molecule has 2 heterocycles. The predicted octanol–water partition coefficient (Wildman–Crippen LogP) is 2.49. The summed E-state index contributed by atoms with van der Waals surface area (Å²) < 4.78 is 21.7. The van der Waals surface area contributed by atoms with E-state index in [1.54, 1.807) is 39.1 Å². The molecule has 0 aliphatic carbocycles. The summed E-state index contributed by atoms with van der Waals surface area (Å²) >= 11 is 0. The molecule has 2 aliphatic heterocycles. The zero-order chi connectivity index (χ0) is 25.5. The normalized spacial score (nSPS) is 20.8. The molecule has 0 spiro atoms. The minimum absolute atomic E-state index is 0.184. The van der Waals surface area contributed by atoms with Gasteiger partial charge in [-0.25, -0.2) is 9.59 Å². The van der Waals surface area contributed by atoms with Crippen molar-refractivity contribution in [1.82, 2.24) is 15.1 Å². The van der Waals surface area contributed by atoms with Crippen LogP contribution in [-0.4, -0.2) is 81.9 Å². The number of benzene rings is 1. The van der Waals surface area contributed by atoms with E-state index in [9.17, 15) is 14.4 Å². The molecule has 0 aromatic heterocycles. The first-order valence-corrected chi connectivity index (χ1v) is 11.9. The number of para-hydroxylation sites is 1. The molecule has 1 aromatic rings. The summed E-state index contributed by atoms with van der Waals surface area (Å²) in [5.74, 6) is -0.0800. The summed E-state index contributed by atoms with van der Waals surface area (Å²) in [6.45, 7) is 5.57. The van der Waals surface area contributed by atoms with Crippen LogP contribution in [0.5, 0.6) is 11.5 Å². The molecule has 3 rings (SSSR count). The van der Waals surface area contributed by atoms with Crippen molar-refractivity contribution in [2.24, 2.45) is 5.92 Å². The van der Waals surface area contributed by atoms with Crippen molar-refractivity contribution in [3.8, 4) is 11.5 Å². The number of urea groups is 1. The van der Waals surface area contributed by atoms with Gasteiger partial charge in [0.15, 0.2) is 11.5 Å². The fraction of sp³-hybridized carbons (Fsp3) is 0.560. The second-order valence-electron chi connectivity index (χ2n) is 8.43. The van der Waals surface area contributed by atoms with Crippen molar-refractivity contribution in [3.63, 3.8) is 0 Å². The maximum Gasteiger partial charge on any atom is 0.338 e. The number of likely N-dealkylation sites (tertiary alicyclic amines) is 1. The van der Waals surface area contributed by atoms with Crippen molar-refractivity contribution < 1.29 is 33.3 Å². The van der Waals surface area contributed by atoms with Crippen LogP contribution in [0.3, 0.4) is 0 Å². The third-order valence-corrected chi connectivity index (χ3v) is 6.32. The van der Waals surface area contributed by atoms with Crippen molar-refractivity contribution in [2.75, 3.05) is 54.1 Å². The number of methoxy groups -OCH3 is 2. The summed E-state index contributed by atoms with van der Waals surface area (Å²) in [5.41, 5.74) is 1.42. The first-order valence-electron chi connectivity index (χ1n) is 11.9. The Kier molecular flexibility index (Phi) is 8.97. The fourth-order valence-corrected chi connectivity index (χ4v) is 4.63. The van der Waals surface area contributed by atoms with E-state index in [0.717, 1.165) is 19.4 Å². The molecule has 35 heavy (non-hydrogen) atoms. The molecule has 1 aromatic carbocycles. The Hall–Kier alpha value is -3.27. The molecule has 0 saturated carbocycles. The minimum atomic E-state index is -0.802. The van der Waals surface area contributed by atoms with Gasteiger partial charge >= 0.3 is 18.0 Å². The average Bonchev–Trinajstić information content (AvgIpc) is 2.86. The van der Waals surface area contributed by atoms with E-state index >= 15 is 0 Å². The van der Waals surface area contributed by atoms with Gasteiger partial charge in [0.05, 0.1) is 45.0 Å². The van der Waals surface area contributed by atoms with Gasteiger partial charge < -0.3 is 24.3 Å². The summed E-state index contributed by atoms with van der Waals surface area (Å²) in [4.78, 5) is 42.2. The SMILES string of the molecule is CCOC(=O)C1=C(CN2CCC[C@H](C(=O)OCC)C2)N(C)C(=O)N[C@H]1c1cccc(OC)c1OC. The number of piperidine rings is 1. The fourth-order valence-electron chi connectivity index (χ4n) is 4.63. The molecule has 10 nitrogen and oxygen atoms in total. The number of nitrogens with zero attached hydrogens (tertiary/aromatic N) is 2. The molecule has 1 N–H and O–H groups in total. The highest BCUT2D eigenvalue weighted by Gasteiger charge is 2.39. The van der Waals surface area contributed by atoms with E-state index < -0.39 is 12.0 Å². The van der Waals surface area contributed by atoms with Crippen molar-refractivity contribution in [2.45, 2.75) is 32.7 Å². The number of carbonyl (C=O) groups is 3. The molecular weight excluding hydrogens is 454 g/mol. The number of amides is 2. The number of likely N-dealkylation sites (N-methyl/N-ethyl adjacent to an activating group) is 1. The van der Waals surface area contributed by atoms with Gasteiger partial charge in [-0.3, -0.25) is 14.6 Å². The Morgan fingerprint density at radius 2 is 1.86 bits per heavy atom. The quantitative estimate of drug-likeness (QED) is 0.528. The third-order valence-electron chi connectivity index (χ3n) is 6.32. The van der Waals surface area contributed by atoms with Crippen LogP contribution in [0.25, 0.3) is 0 Å². The monoisotopic (exact) mass is 489 g/mol. The van der Waals surface area contributed by atoms with Gasteiger partial charge in [0.25, 0.3) is 0 Å². The smallest absolute Gasteiger partial charge is 0.338 e. The highest BCUT2D eigenvalue weighted by Crippen LogP contribution is 2.40. The standard InChI is InChI=1S/C25H35N3O7/c1-6-34-23(29)16-10-9-13-28(14-16)15-18-20(24(30)35-7-2)21(26-25(31)27(18)3)17-11-8-12-19(32-4)22(17)33-5/h8,11-12,16,21H,6-7,9-10,13-15H2,1-5H3,(H,26,31)/t16-,21-/m0/s1. The van der Waals surface area contributed by atoms with Crippen LogP contribution in [0.2, 0.25) is 0 Å². The molecule has 0 unspecified atom stereocenters. The van der Waals surface area contributed by atoms with Gasteiger partial charge in [-0.1, -0.05) is 12.1 Å². The zero-order valence-electron chi connectivity index (χ0n) is 21.1. The first kappa shape index (κ1) is 26.3. The van der Waals surface area contributed by atoms with Gasteiger partial charge in [0.2, 0.25) is 0 Å². The average molecular weight is 490 g/mol. The van der Waals surface area contributed by atoms with Crippen LogP contribution in [0.4, 0.5) is 4.79 Å². The van der Waals surface area contributed by atoms with Crippen LogP contribution >= 0.6 is 0 Å². The van der Waals surface area contributed by atoms with Gasteiger partial charge in [0.1, 0.15) is 0 Å².